The normalized spacial score (nSPS) is 11.6. The van der Waals surface area contributed by atoms with Gasteiger partial charge in [0.1, 0.15) is 6.29 Å². The largest absolute Gasteiger partial charge is 0.504 e. The van der Waals surface area contributed by atoms with Crippen molar-refractivity contribution in [1.82, 2.24) is 5.32 Å². The summed E-state index contributed by atoms with van der Waals surface area (Å²) in [5.41, 5.74) is 10.6. The lowest BCUT2D eigenvalue weighted by molar-refractivity contribution is -0.117. The first-order chi connectivity index (χ1) is 23.8. The maximum Gasteiger partial charge on any atom is 0.266 e. The molecule has 0 fully saturated rings. The SMILES string of the molecule is CNCCS(=O)(=O)O.Cc1cc(C)c(-c2ccc(NC(=O)C(Cc3ccc(C=O)cc3)c3ccc(-c4ccc(O)c(O)c4)cc3)cc2)c(C)c1. The summed E-state index contributed by atoms with van der Waals surface area (Å²) in [6.45, 7) is 6.62. The van der Waals surface area contributed by atoms with Crippen LogP contribution < -0.4 is 10.6 Å². The smallest absolute Gasteiger partial charge is 0.266 e. The van der Waals surface area contributed by atoms with E-state index in [-0.39, 0.29) is 23.2 Å². The van der Waals surface area contributed by atoms with E-state index < -0.39 is 16.0 Å². The first-order valence-electron chi connectivity index (χ1n) is 16.0. The van der Waals surface area contributed by atoms with Gasteiger partial charge < -0.3 is 20.8 Å². The van der Waals surface area contributed by atoms with Crippen LogP contribution in [0.2, 0.25) is 0 Å². The molecule has 0 aliphatic heterocycles. The van der Waals surface area contributed by atoms with E-state index in [4.69, 9.17) is 4.55 Å². The van der Waals surface area contributed by atoms with Crippen LogP contribution >= 0.6 is 0 Å². The van der Waals surface area contributed by atoms with Crippen LogP contribution in [0.3, 0.4) is 0 Å². The zero-order valence-electron chi connectivity index (χ0n) is 28.5. The van der Waals surface area contributed by atoms with Gasteiger partial charge in [-0.15, -0.1) is 0 Å². The van der Waals surface area contributed by atoms with Crippen LogP contribution in [0.4, 0.5) is 5.69 Å². The van der Waals surface area contributed by atoms with Crippen molar-refractivity contribution in [2.24, 2.45) is 0 Å². The van der Waals surface area contributed by atoms with Crippen molar-refractivity contribution in [3.05, 3.63) is 137 Å². The highest BCUT2D eigenvalue weighted by atomic mass is 32.2. The highest BCUT2D eigenvalue weighted by molar-refractivity contribution is 7.85. The summed E-state index contributed by atoms with van der Waals surface area (Å²) < 4.78 is 27.9. The Hall–Kier alpha value is -5.29. The van der Waals surface area contributed by atoms with Crippen LogP contribution in [-0.2, 0) is 21.3 Å². The summed E-state index contributed by atoms with van der Waals surface area (Å²) in [5, 5.41) is 25.3. The highest BCUT2D eigenvalue weighted by Crippen LogP contribution is 2.33. The molecule has 0 heterocycles. The van der Waals surface area contributed by atoms with E-state index in [0.717, 1.165) is 34.1 Å². The van der Waals surface area contributed by atoms with Gasteiger partial charge in [0.05, 0.1) is 11.7 Å². The molecule has 9 nitrogen and oxygen atoms in total. The van der Waals surface area contributed by atoms with Gasteiger partial charge in [0.2, 0.25) is 5.91 Å². The molecule has 5 aromatic rings. The third kappa shape index (κ3) is 10.4. The Morgan fingerprint density at radius 1 is 0.760 bits per heavy atom. The number of aromatic hydroxyl groups is 2. The zero-order valence-corrected chi connectivity index (χ0v) is 29.3. The molecule has 5 aromatic carbocycles. The number of phenols is 2. The highest BCUT2D eigenvalue weighted by Gasteiger charge is 2.22. The van der Waals surface area contributed by atoms with Crippen molar-refractivity contribution in [3.63, 3.8) is 0 Å². The Morgan fingerprint density at radius 3 is 1.86 bits per heavy atom. The number of carbonyl (C=O) groups is 2. The number of aldehydes is 1. The minimum absolute atomic E-state index is 0.139. The fourth-order valence-electron chi connectivity index (χ4n) is 5.76. The van der Waals surface area contributed by atoms with Gasteiger partial charge in [0.25, 0.3) is 10.1 Å². The molecule has 260 valence electrons. The Kier molecular flexibility index (Phi) is 12.7. The predicted molar refractivity (Wildman–Crippen MR) is 199 cm³/mol. The van der Waals surface area contributed by atoms with Gasteiger partial charge in [0, 0.05) is 17.8 Å². The maximum absolute atomic E-state index is 13.8. The molecule has 5 N–H and O–H groups in total. The lowest BCUT2D eigenvalue weighted by atomic mass is 9.89. The molecule has 0 aromatic heterocycles. The quantitative estimate of drug-likeness (QED) is 0.0552. The van der Waals surface area contributed by atoms with Crippen LogP contribution in [-0.4, -0.2) is 54.7 Å². The third-order valence-electron chi connectivity index (χ3n) is 8.22. The molecule has 0 aliphatic carbocycles. The zero-order chi connectivity index (χ0) is 36.4. The number of hydrogen-bond acceptors (Lipinski definition) is 7. The second-order valence-electron chi connectivity index (χ2n) is 12.2. The monoisotopic (exact) mass is 694 g/mol. The fourth-order valence-corrected chi connectivity index (χ4v) is 6.22. The molecule has 5 rings (SSSR count). The van der Waals surface area contributed by atoms with Gasteiger partial charge in [-0.25, -0.2) is 0 Å². The minimum atomic E-state index is -3.75. The second kappa shape index (κ2) is 16.9. The molecule has 10 heteroatoms. The van der Waals surface area contributed by atoms with Gasteiger partial charge in [0.15, 0.2) is 11.5 Å². The molecular formula is C40H42N2O7S. The standard InChI is InChI=1S/C37H33NO4.C3H9NO3S/c1-23-18-24(2)36(25(3)19-23)30-12-15-32(16-13-30)38-37(42)33(20-26-4-6-27(22-39)7-5-26)29-10-8-28(9-11-29)31-14-17-34(40)35(41)21-31;1-4-2-3-8(5,6)7/h4-19,21-22,33,40-41H,20H2,1-3H3,(H,38,42);4H,2-3H2,1H3,(H,5,6,7). The van der Waals surface area contributed by atoms with Crippen molar-refractivity contribution >= 4 is 28.0 Å². The molecule has 1 atom stereocenters. The van der Waals surface area contributed by atoms with Gasteiger partial charge in [-0.3, -0.25) is 14.1 Å². The predicted octanol–water partition coefficient (Wildman–Crippen LogP) is 7.23. The van der Waals surface area contributed by atoms with Crippen molar-refractivity contribution in [2.75, 3.05) is 24.7 Å². The summed E-state index contributed by atoms with van der Waals surface area (Å²) in [7, 11) is -2.13. The van der Waals surface area contributed by atoms with Crippen molar-refractivity contribution < 1.29 is 32.8 Å². The number of phenolic OH excluding ortho intramolecular Hbond substituents is 2. The number of anilines is 1. The molecule has 0 saturated carbocycles. The van der Waals surface area contributed by atoms with E-state index >= 15 is 0 Å². The first kappa shape index (κ1) is 37.5. The third-order valence-corrected chi connectivity index (χ3v) is 8.94. The summed E-state index contributed by atoms with van der Waals surface area (Å²) in [6, 6.07) is 31.9. The van der Waals surface area contributed by atoms with E-state index in [9.17, 15) is 28.2 Å². The van der Waals surface area contributed by atoms with Gasteiger partial charge in [-0.1, -0.05) is 84.4 Å². The Morgan fingerprint density at radius 2 is 1.34 bits per heavy atom. The van der Waals surface area contributed by atoms with Crippen LogP contribution in [0.1, 0.15) is 44.1 Å². The summed E-state index contributed by atoms with van der Waals surface area (Å²) in [6.07, 6.45) is 1.25. The molecule has 1 amide bonds. The second-order valence-corrected chi connectivity index (χ2v) is 13.7. The van der Waals surface area contributed by atoms with E-state index in [1.165, 1.54) is 34.4 Å². The van der Waals surface area contributed by atoms with Crippen molar-refractivity contribution in [3.8, 4) is 33.8 Å². The lowest BCUT2D eigenvalue weighted by Gasteiger charge is -2.19. The van der Waals surface area contributed by atoms with Crippen LogP contribution in [0.5, 0.6) is 11.5 Å². The number of benzene rings is 5. The van der Waals surface area contributed by atoms with Crippen LogP contribution in [0.15, 0.2) is 103 Å². The number of aryl methyl sites for hydroxylation is 3. The average molecular weight is 695 g/mol. The van der Waals surface area contributed by atoms with Crippen molar-refractivity contribution in [2.45, 2.75) is 33.1 Å². The Bertz CT molecular complexity index is 2020. The van der Waals surface area contributed by atoms with E-state index in [1.54, 1.807) is 25.2 Å². The topological polar surface area (TPSA) is 153 Å². The number of amides is 1. The number of carbonyl (C=O) groups excluding carboxylic acids is 2. The van der Waals surface area contributed by atoms with Crippen LogP contribution in [0, 0.1) is 20.8 Å². The Labute approximate surface area is 293 Å². The number of rotatable bonds is 11. The van der Waals surface area contributed by atoms with Gasteiger partial charge in [-0.05, 0) is 103 Å². The summed E-state index contributed by atoms with van der Waals surface area (Å²) in [4.78, 5) is 24.9. The van der Waals surface area contributed by atoms with Gasteiger partial charge in [-0.2, -0.15) is 8.42 Å². The lowest BCUT2D eigenvalue weighted by Crippen LogP contribution is -2.23. The molecule has 0 spiro atoms. The Balaban J connectivity index is 0.000000627. The minimum Gasteiger partial charge on any atom is -0.504 e. The molecule has 50 heavy (non-hydrogen) atoms. The molecular weight excluding hydrogens is 653 g/mol. The average Bonchev–Trinajstić information content (AvgIpc) is 3.08. The van der Waals surface area contributed by atoms with Crippen LogP contribution in [0.25, 0.3) is 22.3 Å². The van der Waals surface area contributed by atoms with E-state index in [1.807, 2.05) is 60.7 Å². The van der Waals surface area contributed by atoms with E-state index in [2.05, 4.69) is 43.5 Å². The molecule has 1 unspecified atom stereocenters. The molecule has 0 aliphatic rings. The fraction of sp³-hybridized carbons (Fsp3) is 0.200. The molecule has 0 bridgehead atoms. The first-order valence-corrected chi connectivity index (χ1v) is 17.6. The molecule has 0 radical (unpaired) electrons. The van der Waals surface area contributed by atoms with Crippen molar-refractivity contribution in [1.29, 1.82) is 0 Å². The van der Waals surface area contributed by atoms with E-state index in [0.29, 0.717) is 24.2 Å². The summed E-state index contributed by atoms with van der Waals surface area (Å²) >= 11 is 0. The maximum atomic E-state index is 13.8. The number of hydrogen-bond donors (Lipinski definition) is 5. The number of nitrogens with one attached hydrogen (secondary N) is 2. The van der Waals surface area contributed by atoms with Gasteiger partial charge >= 0.3 is 0 Å². The summed E-state index contributed by atoms with van der Waals surface area (Å²) in [5.74, 6) is -1.21. The molecule has 0 saturated heterocycles.